The lowest BCUT2D eigenvalue weighted by Crippen LogP contribution is -2.60. The average Bonchev–Trinajstić information content (AvgIpc) is 3.76. The number of likely N-dealkylation sites (tertiary alicyclic amines) is 1. The van der Waals surface area contributed by atoms with Crippen LogP contribution in [0.15, 0.2) is 36.4 Å². The molecule has 0 radical (unpaired) electrons. The van der Waals surface area contributed by atoms with E-state index in [9.17, 15) is 27.6 Å². The van der Waals surface area contributed by atoms with Crippen LogP contribution in [0.1, 0.15) is 72.1 Å². The van der Waals surface area contributed by atoms with E-state index in [2.05, 4.69) is 27.0 Å². The first-order valence-corrected chi connectivity index (χ1v) is 20.7. The molecule has 4 fully saturated rings. The van der Waals surface area contributed by atoms with Crippen LogP contribution in [-0.4, -0.2) is 98.5 Å². The van der Waals surface area contributed by atoms with E-state index in [0.717, 1.165) is 30.6 Å². The van der Waals surface area contributed by atoms with Gasteiger partial charge in [0.1, 0.15) is 41.0 Å². The molecule has 4 aliphatic rings. The SMILES string of the molecule is C=C[C@@H]1CC1(NC(=O)[C@@H]1C[C@@H](Oc2nc3c(cnn3C)nc2-c2cccs2)CN1C(=O)[C@@H](NC(=O)OC1CCCC1)C(C)(C)C)C(=O)NS(=O)(=O)C1CC1. The number of fused-ring (bicyclic) bond motifs is 1. The molecule has 1 saturated heterocycles. The van der Waals surface area contributed by atoms with Crippen LogP contribution in [0.5, 0.6) is 5.88 Å². The number of aryl methyl sites for hydroxylation is 1. The second-order valence-electron chi connectivity index (χ2n) is 15.8. The van der Waals surface area contributed by atoms with E-state index in [0.29, 0.717) is 29.7 Å². The lowest BCUT2D eigenvalue weighted by atomic mass is 9.85. The third kappa shape index (κ3) is 7.54. The molecule has 3 aromatic rings. The van der Waals surface area contributed by atoms with Crippen LogP contribution in [0.2, 0.25) is 0 Å². The summed E-state index contributed by atoms with van der Waals surface area (Å²) in [5.74, 6) is -2.41. The number of rotatable bonds is 12. The smallest absolute Gasteiger partial charge is 0.408 e. The number of ether oxygens (including phenoxy) is 2. The van der Waals surface area contributed by atoms with Crippen molar-refractivity contribution in [2.45, 2.75) is 107 Å². The fourth-order valence-corrected chi connectivity index (χ4v) is 9.35. The van der Waals surface area contributed by atoms with Crippen LogP contribution in [-0.2, 0) is 36.2 Å². The molecule has 18 heteroatoms. The van der Waals surface area contributed by atoms with Gasteiger partial charge in [0.05, 0.1) is 22.9 Å². The highest BCUT2D eigenvalue weighted by atomic mass is 32.2. The minimum Gasteiger partial charge on any atom is -0.471 e. The van der Waals surface area contributed by atoms with E-state index >= 15 is 0 Å². The molecule has 0 aromatic carbocycles. The maximum Gasteiger partial charge on any atom is 0.408 e. The number of aromatic nitrogens is 4. The molecule has 54 heavy (non-hydrogen) atoms. The number of nitrogens with one attached hydrogen (secondary N) is 3. The molecule has 3 N–H and O–H groups in total. The van der Waals surface area contributed by atoms with Crippen LogP contribution < -0.4 is 20.1 Å². The molecule has 5 atom stereocenters. The number of carbonyl (C=O) groups excluding carboxylic acids is 4. The summed E-state index contributed by atoms with van der Waals surface area (Å²) in [6.07, 6.45) is 5.83. The van der Waals surface area contributed by atoms with E-state index < -0.39 is 74.1 Å². The lowest BCUT2D eigenvalue weighted by Gasteiger charge is -2.35. The highest BCUT2D eigenvalue weighted by Gasteiger charge is 2.62. The van der Waals surface area contributed by atoms with Crippen molar-refractivity contribution in [1.82, 2.24) is 40.0 Å². The molecule has 4 heterocycles. The molecule has 1 unspecified atom stereocenters. The van der Waals surface area contributed by atoms with Gasteiger partial charge >= 0.3 is 6.09 Å². The first kappa shape index (κ1) is 37.7. The van der Waals surface area contributed by atoms with Crippen molar-refractivity contribution in [1.29, 1.82) is 0 Å². The van der Waals surface area contributed by atoms with Crippen molar-refractivity contribution in [3.8, 4) is 16.5 Å². The molecule has 4 amide bonds. The van der Waals surface area contributed by atoms with Gasteiger partial charge in [-0.3, -0.25) is 19.1 Å². The quantitative estimate of drug-likeness (QED) is 0.228. The minimum atomic E-state index is -3.91. The van der Waals surface area contributed by atoms with Crippen molar-refractivity contribution < 1.29 is 37.1 Å². The summed E-state index contributed by atoms with van der Waals surface area (Å²) in [6.45, 7) is 9.11. The Labute approximate surface area is 317 Å². The van der Waals surface area contributed by atoms with Gasteiger partial charge in [-0.15, -0.1) is 17.9 Å². The number of amides is 4. The number of hydrogen-bond donors (Lipinski definition) is 3. The normalized spacial score (nSPS) is 24.9. The summed E-state index contributed by atoms with van der Waals surface area (Å²) >= 11 is 1.45. The van der Waals surface area contributed by atoms with Crippen molar-refractivity contribution in [3.63, 3.8) is 0 Å². The van der Waals surface area contributed by atoms with Gasteiger partial charge in [0, 0.05) is 19.4 Å². The summed E-state index contributed by atoms with van der Waals surface area (Å²) in [5, 5.41) is 11.1. The van der Waals surface area contributed by atoms with Crippen molar-refractivity contribution in [2.75, 3.05) is 6.54 Å². The Morgan fingerprint density at radius 1 is 1.11 bits per heavy atom. The van der Waals surface area contributed by atoms with Crippen LogP contribution in [0.25, 0.3) is 21.7 Å². The van der Waals surface area contributed by atoms with Gasteiger partial charge in [-0.1, -0.05) is 32.9 Å². The monoisotopic (exact) mass is 782 g/mol. The molecular weight excluding hydrogens is 737 g/mol. The van der Waals surface area contributed by atoms with Crippen molar-refractivity contribution >= 4 is 56.3 Å². The topological polar surface area (TPSA) is 204 Å². The van der Waals surface area contributed by atoms with Gasteiger partial charge in [-0.2, -0.15) is 10.1 Å². The highest BCUT2D eigenvalue weighted by Crippen LogP contribution is 2.46. The number of carbonyl (C=O) groups is 4. The van der Waals surface area contributed by atoms with E-state index in [1.54, 1.807) is 38.7 Å². The van der Waals surface area contributed by atoms with Crippen molar-refractivity contribution in [3.05, 3.63) is 36.4 Å². The van der Waals surface area contributed by atoms with Gasteiger partial charge in [-0.05, 0) is 61.8 Å². The zero-order valence-corrected chi connectivity index (χ0v) is 32.4. The molecule has 3 saturated carbocycles. The Balaban J connectivity index is 1.19. The van der Waals surface area contributed by atoms with Gasteiger partial charge < -0.3 is 25.0 Å². The maximum absolute atomic E-state index is 14.6. The highest BCUT2D eigenvalue weighted by molar-refractivity contribution is 7.91. The number of nitrogens with zero attached hydrogens (tertiary/aromatic N) is 5. The summed E-state index contributed by atoms with van der Waals surface area (Å²) in [7, 11) is -2.18. The molecule has 3 aromatic heterocycles. The maximum atomic E-state index is 14.6. The second kappa shape index (κ2) is 14.2. The molecule has 1 aliphatic heterocycles. The summed E-state index contributed by atoms with van der Waals surface area (Å²) in [6, 6.07) is 1.49. The fraction of sp³-hybridized carbons (Fsp3) is 0.583. The summed E-state index contributed by atoms with van der Waals surface area (Å²) in [4.78, 5) is 67.4. The third-order valence-corrected chi connectivity index (χ3v) is 13.3. The Hall–Kier alpha value is -4.58. The van der Waals surface area contributed by atoms with E-state index in [1.165, 1.54) is 22.3 Å². The number of sulfonamides is 1. The summed E-state index contributed by atoms with van der Waals surface area (Å²) < 4.78 is 41.4. The van der Waals surface area contributed by atoms with Crippen LogP contribution >= 0.6 is 11.3 Å². The minimum absolute atomic E-state index is 0.00717. The van der Waals surface area contributed by atoms with Gasteiger partial charge in [-0.25, -0.2) is 22.9 Å². The van der Waals surface area contributed by atoms with Crippen LogP contribution in [0.3, 0.4) is 0 Å². The lowest BCUT2D eigenvalue weighted by molar-refractivity contribution is -0.143. The predicted molar refractivity (Wildman–Crippen MR) is 199 cm³/mol. The van der Waals surface area contributed by atoms with Gasteiger partial charge in [0.15, 0.2) is 5.65 Å². The molecule has 290 valence electrons. The Bertz CT molecular complexity index is 2070. The zero-order valence-electron chi connectivity index (χ0n) is 30.7. The van der Waals surface area contributed by atoms with Gasteiger partial charge in [0.2, 0.25) is 27.7 Å². The molecule has 0 spiro atoms. The van der Waals surface area contributed by atoms with E-state index in [-0.39, 0.29) is 31.4 Å². The molecule has 3 aliphatic carbocycles. The van der Waals surface area contributed by atoms with Crippen LogP contribution in [0.4, 0.5) is 4.79 Å². The van der Waals surface area contributed by atoms with Crippen LogP contribution in [0, 0.1) is 11.3 Å². The summed E-state index contributed by atoms with van der Waals surface area (Å²) in [5.41, 5.74) is -0.868. The first-order valence-electron chi connectivity index (χ1n) is 18.3. The second-order valence-corrected chi connectivity index (χ2v) is 18.7. The largest absolute Gasteiger partial charge is 0.471 e. The Morgan fingerprint density at radius 3 is 2.48 bits per heavy atom. The number of hydrogen-bond acceptors (Lipinski definition) is 12. The fourth-order valence-electron chi connectivity index (χ4n) is 7.28. The predicted octanol–water partition coefficient (Wildman–Crippen LogP) is 3.19. The number of thiophene rings is 1. The van der Waals surface area contributed by atoms with Gasteiger partial charge in [0.25, 0.3) is 5.91 Å². The number of alkyl carbamates (subject to hydrolysis) is 1. The first-order chi connectivity index (χ1) is 25.6. The molecule has 0 bridgehead atoms. The third-order valence-electron chi connectivity index (χ3n) is 10.6. The molecular formula is C36H46N8O8S2. The Morgan fingerprint density at radius 2 is 1.85 bits per heavy atom. The zero-order chi connectivity index (χ0) is 38.6. The Kier molecular flexibility index (Phi) is 9.95. The molecule has 7 rings (SSSR count). The average molecular weight is 783 g/mol. The van der Waals surface area contributed by atoms with Crippen molar-refractivity contribution in [2.24, 2.45) is 18.4 Å². The van der Waals surface area contributed by atoms with E-state index in [4.69, 9.17) is 19.4 Å². The standard InChI is InChI=1S/C36H46N8O8S2/c1-6-20-17-36(20,33(47)42-54(49,50)23-13-14-23)41-30(45)25-16-22(51-31-27(26-12-9-15-53-26)38-24-18-37-43(5)29(24)40-31)19-44(25)32(46)28(35(2,3)4)39-34(48)52-21-10-7-8-11-21/h6,9,12,15,18,20-23,25,28H,1,7-8,10-11,13-14,16-17,19H2,2-5H3,(H,39,48)(H,41,45)(H,42,47)/t20-,22-,25+,28-,36?/m1/s1. The molecule has 16 nitrogen and oxygen atoms in total. The van der Waals surface area contributed by atoms with E-state index in [1.807, 2.05) is 17.5 Å².